The van der Waals surface area contributed by atoms with Crippen LogP contribution in [0.5, 0.6) is 0 Å². The summed E-state index contributed by atoms with van der Waals surface area (Å²) in [6.45, 7) is 3.54. The van der Waals surface area contributed by atoms with Gasteiger partial charge in [-0.25, -0.2) is 0 Å². The van der Waals surface area contributed by atoms with Gasteiger partial charge in [-0.1, -0.05) is 13.3 Å². The third-order valence-electron chi connectivity index (χ3n) is 3.90. The third-order valence-corrected chi connectivity index (χ3v) is 3.90. The second-order valence-electron chi connectivity index (χ2n) is 5.48. The molecule has 19 heavy (non-hydrogen) atoms. The van der Waals surface area contributed by atoms with Crippen molar-refractivity contribution in [3.05, 3.63) is 0 Å². The van der Waals surface area contributed by atoms with Gasteiger partial charge in [0.05, 0.1) is 18.3 Å². The van der Waals surface area contributed by atoms with Gasteiger partial charge in [-0.15, -0.1) is 0 Å². The molecule has 1 fully saturated rings. The maximum absolute atomic E-state index is 9.98. The Labute approximate surface area is 114 Å². The predicted molar refractivity (Wildman–Crippen MR) is 68.7 cm³/mol. The molecule has 1 heterocycles. The van der Waals surface area contributed by atoms with Crippen molar-refractivity contribution in [2.75, 3.05) is 13.7 Å². The van der Waals surface area contributed by atoms with Crippen molar-refractivity contribution >= 4 is 0 Å². The van der Waals surface area contributed by atoms with E-state index in [1.165, 1.54) is 0 Å². The maximum atomic E-state index is 9.98. The van der Waals surface area contributed by atoms with Crippen LogP contribution in [0, 0.1) is 0 Å². The van der Waals surface area contributed by atoms with Crippen molar-refractivity contribution in [2.45, 2.75) is 69.2 Å². The summed E-state index contributed by atoms with van der Waals surface area (Å²) >= 11 is 0. The molecule has 6 heteroatoms. The lowest BCUT2D eigenvalue weighted by Gasteiger charge is -2.43. The number of hydrogen-bond donors (Lipinski definition) is 4. The number of aliphatic hydroxyl groups is 4. The summed E-state index contributed by atoms with van der Waals surface area (Å²) in [7, 11) is 1.60. The molecule has 1 aliphatic rings. The second-order valence-corrected chi connectivity index (χ2v) is 5.48. The number of methoxy groups -OCH3 is 1. The van der Waals surface area contributed by atoms with Gasteiger partial charge in [0, 0.05) is 13.5 Å². The zero-order chi connectivity index (χ0) is 14.6. The van der Waals surface area contributed by atoms with E-state index >= 15 is 0 Å². The Morgan fingerprint density at radius 3 is 2.16 bits per heavy atom. The molecule has 0 aliphatic carbocycles. The Hall–Kier alpha value is -0.240. The lowest BCUT2D eigenvalue weighted by molar-refractivity contribution is -0.239. The highest BCUT2D eigenvalue weighted by Crippen LogP contribution is 2.30. The average molecular weight is 278 g/mol. The summed E-state index contributed by atoms with van der Waals surface area (Å²) in [5.41, 5.74) is -0.470. The zero-order valence-corrected chi connectivity index (χ0v) is 11.8. The van der Waals surface area contributed by atoms with Gasteiger partial charge in [0.1, 0.15) is 24.4 Å². The lowest BCUT2D eigenvalue weighted by atomic mass is 9.86. The average Bonchev–Trinajstić information content (AvgIpc) is 2.40. The first-order chi connectivity index (χ1) is 8.88. The molecule has 0 aromatic carbocycles. The molecule has 6 nitrogen and oxygen atoms in total. The molecule has 1 aliphatic heterocycles. The van der Waals surface area contributed by atoms with E-state index in [0.717, 1.165) is 12.8 Å². The van der Waals surface area contributed by atoms with Crippen LogP contribution in [0.15, 0.2) is 0 Å². The van der Waals surface area contributed by atoms with Crippen LogP contribution in [0.25, 0.3) is 0 Å². The van der Waals surface area contributed by atoms with E-state index in [4.69, 9.17) is 14.6 Å². The smallest absolute Gasteiger partial charge is 0.111 e. The van der Waals surface area contributed by atoms with Gasteiger partial charge in [0.25, 0.3) is 0 Å². The van der Waals surface area contributed by atoms with Crippen molar-refractivity contribution in [1.82, 2.24) is 0 Å². The van der Waals surface area contributed by atoms with E-state index in [1.54, 1.807) is 7.11 Å². The number of ether oxygens (including phenoxy) is 2. The summed E-state index contributed by atoms with van der Waals surface area (Å²) in [5.74, 6) is 0. The fourth-order valence-corrected chi connectivity index (χ4v) is 2.59. The Balaban J connectivity index is 2.75. The monoisotopic (exact) mass is 278 g/mol. The van der Waals surface area contributed by atoms with Crippen LogP contribution in [0.4, 0.5) is 0 Å². The van der Waals surface area contributed by atoms with Crippen LogP contribution in [0.3, 0.4) is 0 Å². The molecule has 6 unspecified atom stereocenters. The Bertz CT molecular complexity index is 272. The normalized spacial score (nSPS) is 39.0. The predicted octanol–water partition coefficient (Wildman–Crippen LogP) is -0.576. The van der Waals surface area contributed by atoms with Gasteiger partial charge < -0.3 is 29.9 Å². The van der Waals surface area contributed by atoms with Gasteiger partial charge in [-0.3, -0.25) is 0 Å². The van der Waals surface area contributed by atoms with Gasteiger partial charge in [-0.05, 0) is 13.3 Å². The summed E-state index contributed by atoms with van der Waals surface area (Å²) in [6.07, 6.45) is -3.25. The van der Waals surface area contributed by atoms with E-state index in [2.05, 4.69) is 0 Å². The van der Waals surface area contributed by atoms with E-state index in [0.29, 0.717) is 6.42 Å². The molecule has 4 N–H and O–H groups in total. The van der Waals surface area contributed by atoms with Gasteiger partial charge >= 0.3 is 0 Å². The molecule has 0 radical (unpaired) electrons. The van der Waals surface area contributed by atoms with Crippen LogP contribution in [-0.4, -0.2) is 70.3 Å². The van der Waals surface area contributed by atoms with E-state index in [1.807, 2.05) is 13.8 Å². The first-order valence-electron chi connectivity index (χ1n) is 6.74. The van der Waals surface area contributed by atoms with Crippen molar-refractivity contribution in [3.8, 4) is 0 Å². The topological polar surface area (TPSA) is 99.4 Å². The molecule has 0 saturated carbocycles. The van der Waals surface area contributed by atoms with Crippen LogP contribution in [0.2, 0.25) is 0 Å². The second kappa shape index (κ2) is 6.97. The van der Waals surface area contributed by atoms with Crippen LogP contribution in [-0.2, 0) is 9.47 Å². The summed E-state index contributed by atoms with van der Waals surface area (Å²) in [6, 6.07) is 0. The van der Waals surface area contributed by atoms with Crippen LogP contribution >= 0.6 is 0 Å². The number of hydrogen-bond acceptors (Lipinski definition) is 6. The van der Waals surface area contributed by atoms with E-state index in [-0.39, 0.29) is 0 Å². The molecule has 0 aromatic rings. The Kier molecular flexibility index (Phi) is 6.16. The van der Waals surface area contributed by atoms with Gasteiger partial charge in [0.15, 0.2) is 0 Å². The first kappa shape index (κ1) is 16.8. The highest BCUT2D eigenvalue weighted by atomic mass is 16.5. The standard InChI is InChI=1S/C13H26O6/c1-4-5-13(2,18-3)6-8-10(15)12(17)11(16)9(7-14)19-8/h8-12,14-17H,4-7H2,1-3H3. The fourth-order valence-electron chi connectivity index (χ4n) is 2.59. The van der Waals surface area contributed by atoms with Crippen molar-refractivity contribution in [3.63, 3.8) is 0 Å². The fraction of sp³-hybridized carbons (Fsp3) is 1.00. The van der Waals surface area contributed by atoms with Crippen molar-refractivity contribution in [1.29, 1.82) is 0 Å². The quantitative estimate of drug-likeness (QED) is 0.519. The molecule has 0 amide bonds. The highest BCUT2D eigenvalue weighted by molar-refractivity contribution is 4.94. The molecular weight excluding hydrogens is 252 g/mol. The molecule has 1 saturated heterocycles. The van der Waals surface area contributed by atoms with Gasteiger partial charge in [0.2, 0.25) is 0 Å². The van der Waals surface area contributed by atoms with Crippen LogP contribution in [0.1, 0.15) is 33.1 Å². The molecular formula is C13H26O6. The van der Waals surface area contributed by atoms with Crippen molar-refractivity contribution < 1.29 is 29.9 Å². The highest BCUT2D eigenvalue weighted by Gasteiger charge is 2.45. The molecule has 0 bridgehead atoms. The summed E-state index contributed by atoms with van der Waals surface area (Å²) in [5, 5.41) is 38.6. The van der Waals surface area contributed by atoms with Gasteiger partial charge in [-0.2, -0.15) is 0 Å². The molecule has 1 rings (SSSR count). The molecule has 6 atom stereocenters. The Morgan fingerprint density at radius 2 is 1.68 bits per heavy atom. The maximum Gasteiger partial charge on any atom is 0.111 e. The van der Waals surface area contributed by atoms with Crippen LogP contribution < -0.4 is 0 Å². The lowest BCUT2D eigenvalue weighted by Crippen LogP contribution is -2.59. The van der Waals surface area contributed by atoms with E-state index in [9.17, 15) is 15.3 Å². The minimum atomic E-state index is -1.32. The van der Waals surface area contributed by atoms with Crippen molar-refractivity contribution in [2.24, 2.45) is 0 Å². The number of rotatable bonds is 6. The SMILES string of the molecule is CCCC(C)(CC1OC(CO)C(O)C(O)C1O)OC. The molecule has 114 valence electrons. The first-order valence-corrected chi connectivity index (χ1v) is 6.74. The Morgan fingerprint density at radius 1 is 1.11 bits per heavy atom. The molecule has 0 aromatic heterocycles. The minimum absolute atomic E-state index is 0.388. The summed E-state index contributed by atoms with van der Waals surface area (Å²) in [4.78, 5) is 0. The minimum Gasteiger partial charge on any atom is -0.394 e. The zero-order valence-electron chi connectivity index (χ0n) is 11.8. The number of aliphatic hydroxyl groups excluding tert-OH is 4. The third kappa shape index (κ3) is 3.87. The molecule has 0 spiro atoms. The van der Waals surface area contributed by atoms with E-state index < -0.39 is 42.7 Å². The largest absolute Gasteiger partial charge is 0.394 e. The summed E-state index contributed by atoms with van der Waals surface area (Å²) < 4.78 is 10.9.